The Kier molecular flexibility index (Phi) is 3.27. The van der Waals surface area contributed by atoms with E-state index in [2.05, 4.69) is 11.2 Å². The van der Waals surface area contributed by atoms with Gasteiger partial charge in [-0.3, -0.25) is 4.79 Å². The molecule has 0 bridgehead atoms. The number of hydrogen-bond donors (Lipinski definition) is 1. The fourth-order valence-electron chi connectivity index (χ4n) is 2.05. The molecule has 3 heteroatoms. The van der Waals surface area contributed by atoms with Crippen LogP contribution in [-0.4, -0.2) is 36.0 Å². The smallest absolute Gasteiger partial charge is 0.239 e. The quantitative estimate of drug-likeness (QED) is 0.689. The molecule has 15 heavy (non-hydrogen) atoms. The van der Waals surface area contributed by atoms with Crippen LogP contribution in [0.15, 0.2) is 0 Å². The molecule has 1 atom stereocenters. The molecule has 0 aromatic carbocycles. The number of nitrogens with zero attached hydrogens (tertiary/aromatic N) is 1. The molecule has 2 fully saturated rings. The SMILES string of the molecule is C#CCCN1CCCC(NC2CC2)C1=O. The van der Waals surface area contributed by atoms with Gasteiger partial charge >= 0.3 is 0 Å². The van der Waals surface area contributed by atoms with Gasteiger partial charge < -0.3 is 10.2 Å². The lowest BCUT2D eigenvalue weighted by molar-refractivity contribution is -0.135. The zero-order chi connectivity index (χ0) is 10.7. The van der Waals surface area contributed by atoms with Crippen LogP contribution >= 0.6 is 0 Å². The van der Waals surface area contributed by atoms with Gasteiger partial charge in [-0.05, 0) is 25.7 Å². The van der Waals surface area contributed by atoms with Gasteiger partial charge in [0.05, 0.1) is 6.04 Å². The van der Waals surface area contributed by atoms with Gasteiger partial charge in [0.1, 0.15) is 0 Å². The lowest BCUT2D eigenvalue weighted by atomic mass is 10.0. The third-order valence-corrected chi connectivity index (χ3v) is 3.07. The van der Waals surface area contributed by atoms with Crippen LogP contribution in [-0.2, 0) is 4.79 Å². The van der Waals surface area contributed by atoms with Crippen molar-refractivity contribution in [3.8, 4) is 12.3 Å². The highest BCUT2D eigenvalue weighted by Crippen LogP contribution is 2.22. The first-order valence-electron chi connectivity index (χ1n) is 5.79. The Balaban J connectivity index is 1.84. The predicted molar refractivity (Wildman–Crippen MR) is 59.2 cm³/mol. The summed E-state index contributed by atoms with van der Waals surface area (Å²) in [7, 11) is 0. The van der Waals surface area contributed by atoms with Crippen molar-refractivity contribution >= 4 is 5.91 Å². The van der Waals surface area contributed by atoms with Crippen molar-refractivity contribution in [2.24, 2.45) is 0 Å². The Morgan fingerprint density at radius 3 is 2.93 bits per heavy atom. The Morgan fingerprint density at radius 2 is 2.27 bits per heavy atom. The molecule has 1 aliphatic heterocycles. The van der Waals surface area contributed by atoms with E-state index in [1.165, 1.54) is 12.8 Å². The summed E-state index contributed by atoms with van der Waals surface area (Å²) in [6.07, 6.45) is 10.4. The van der Waals surface area contributed by atoms with E-state index < -0.39 is 0 Å². The summed E-state index contributed by atoms with van der Waals surface area (Å²) in [6, 6.07) is 0.663. The van der Waals surface area contributed by atoms with Crippen LogP contribution in [0.4, 0.5) is 0 Å². The third-order valence-electron chi connectivity index (χ3n) is 3.07. The molecule has 1 amide bonds. The van der Waals surface area contributed by atoms with E-state index in [1.54, 1.807) is 0 Å². The van der Waals surface area contributed by atoms with Gasteiger partial charge in [-0.1, -0.05) is 0 Å². The molecule has 1 N–H and O–H groups in total. The predicted octanol–water partition coefficient (Wildman–Crippen LogP) is 0.753. The number of likely N-dealkylation sites (tertiary alicyclic amines) is 1. The first-order valence-corrected chi connectivity index (χ1v) is 5.79. The highest BCUT2D eigenvalue weighted by Gasteiger charge is 2.32. The monoisotopic (exact) mass is 206 g/mol. The molecular formula is C12H18N2O. The van der Waals surface area contributed by atoms with Crippen molar-refractivity contribution in [2.75, 3.05) is 13.1 Å². The summed E-state index contributed by atoms with van der Waals surface area (Å²) in [4.78, 5) is 13.9. The maximum absolute atomic E-state index is 12.0. The third kappa shape index (κ3) is 2.73. The molecule has 1 unspecified atom stereocenters. The lowest BCUT2D eigenvalue weighted by Crippen LogP contribution is -2.51. The van der Waals surface area contributed by atoms with Gasteiger partial charge in [0.2, 0.25) is 5.91 Å². The summed E-state index contributed by atoms with van der Waals surface area (Å²) in [6.45, 7) is 1.60. The van der Waals surface area contributed by atoms with Crippen molar-refractivity contribution in [1.29, 1.82) is 0 Å². The number of carbonyl (C=O) groups is 1. The van der Waals surface area contributed by atoms with Crippen LogP contribution in [0.5, 0.6) is 0 Å². The maximum Gasteiger partial charge on any atom is 0.239 e. The van der Waals surface area contributed by atoms with Gasteiger partial charge in [0.25, 0.3) is 0 Å². The minimum absolute atomic E-state index is 0.0593. The minimum atomic E-state index is 0.0593. The van der Waals surface area contributed by atoms with E-state index in [0.717, 1.165) is 25.9 Å². The molecule has 1 saturated heterocycles. The molecule has 1 heterocycles. The molecule has 0 spiro atoms. The lowest BCUT2D eigenvalue weighted by Gasteiger charge is -2.32. The zero-order valence-corrected chi connectivity index (χ0v) is 9.04. The van der Waals surface area contributed by atoms with Gasteiger partial charge in [0.15, 0.2) is 0 Å². The fraction of sp³-hybridized carbons (Fsp3) is 0.750. The Hall–Kier alpha value is -1.01. The molecular weight excluding hydrogens is 188 g/mol. The first-order chi connectivity index (χ1) is 7.31. The van der Waals surface area contributed by atoms with E-state index in [-0.39, 0.29) is 11.9 Å². The topological polar surface area (TPSA) is 32.3 Å². The number of nitrogens with one attached hydrogen (secondary N) is 1. The number of hydrogen-bond acceptors (Lipinski definition) is 2. The average Bonchev–Trinajstić information content (AvgIpc) is 3.03. The van der Waals surface area contributed by atoms with Gasteiger partial charge in [-0.15, -0.1) is 12.3 Å². The van der Waals surface area contributed by atoms with Crippen LogP contribution in [0.3, 0.4) is 0 Å². The molecule has 2 aliphatic rings. The van der Waals surface area contributed by atoms with Crippen LogP contribution in [0.1, 0.15) is 32.1 Å². The maximum atomic E-state index is 12.0. The average molecular weight is 206 g/mol. The summed E-state index contributed by atoms with van der Waals surface area (Å²) < 4.78 is 0. The van der Waals surface area contributed by atoms with Crippen molar-refractivity contribution < 1.29 is 4.79 Å². The van der Waals surface area contributed by atoms with Crippen molar-refractivity contribution in [1.82, 2.24) is 10.2 Å². The molecule has 1 aliphatic carbocycles. The van der Waals surface area contributed by atoms with Crippen LogP contribution < -0.4 is 5.32 Å². The number of piperidine rings is 1. The molecule has 0 aromatic rings. The largest absolute Gasteiger partial charge is 0.340 e. The number of rotatable bonds is 4. The highest BCUT2D eigenvalue weighted by molar-refractivity contribution is 5.82. The number of carbonyl (C=O) groups excluding carboxylic acids is 1. The Labute approximate surface area is 91.2 Å². The molecule has 0 aromatic heterocycles. The van der Waals surface area contributed by atoms with Crippen molar-refractivity contribution in [3.05, 3.63) is 0 Å². The highest BCUT2D eigenvalue weighted by atomic mass is 16.2. The van der Waals surface area contributed by atoms with Crippen LogP contribution in [0.2, 0.25) is 0 Å². The second-order valence-corrected chi connectivity index (χ2v) is 4.42. The molecule has 1 saturated carbocycles. The first kappa shape index (κ1) is 10.5. The second kappa shape index (κ2) is 4.67. The standard InChI is InChI=1S/C12H18N2O/c1-2-3-8-14-9-4-5-11(12(14)15)13-10-6-7-10/h1,10-11,13H,3-9H2. The van der Waals surface area contributed by atoms with Crippen LogP contribution in [0.25, 0.3) is 0 Å². The normalized spacial score (nSPS) is 26.5. The van der Waals surface area contributed by atoms with E-state index in [1.807, 2.05) is 4.90 Å². The summed E-state index contributed by atoms with van der Waals surface area (Å²) in [5, 5.41) is 3.41. The van der Waals surface area contributed by atoms with Gasteiger partial charge in [-0.2, -0.15) is 0 Å². The van der Waals surface area contributed by atoms with E-state index in [9.17, 15) is 4.79 Å². The van der Waals surface area contributed by atoms with Gasteiger partial charge in [-0.25, -0.2) is 0 Å². The molecule has 0 radical (unpaired) electrons. The van der Waals surface area contributed by atoms with Crippen LogP contribution in [0, 0.1) is 12.3 Å². The molecule has 3 nitrogen and oxygen atoms in total. The molecule has 2 rings (SSSR count). The minimum Gasteiger partial charge on any atom is -0.340 e. The Morgan fingerprint density at radius 1 is 1.47 bits per heavy atom. The molecule has 82 valence electrons. The summed E-state index contributed by atoms with van der Waals surface area (Å²) in [5.41, 5.74) is 0. The van der Waals surface area contributed by atoms with E-state index in [0.29, 0.717) is 12.5 Å². The fourth-order valence-corrected chi connectivity index (χ4v) is 2.05. The number of terminal acetylenes is 1. The number of amides is 1. The van der Waals surface area contributed by atoms with Gasteiger partial charge in [0, 0.05) is 25.6 Å². The van der Waals surface area contributed by atoms with E-state index in [4.69, 9.17) is 6.42 Å². The Bertz CT molecular complexity index is 278. The van der Waals surface area contributed by atoms with E-state index >= 15 is 0 Å². The summed E-state index contributed by atoms with van der Waals surface area (Å²) >= 11 is 0. The zero-order valence-electron chi connectivity index (χ0n) is 9.04. The summed E-state index contributed by atoms with van der Waals surface area (Å²) in [5.74, 6) is 2.84. The second-order valence-electron chi connectivity index (χ2n) is 4.42. The van der Waals surface area contributed by atoms with Crippen molar-refractivity contribution in [3.63, 3.8) is 0 Å². The van der Waals surface area contributed by atoms with Crippen molar-refractivity contribution in [2.45, 2.75) is 44.2 Å².